The van der Waals surface area contributed by atoms with Crippen LogP contribution in [-0.2, 0) is 20.9 Å². The number of rotatable bonds is 8. The first-order valence-electron chi connectivity index (χ1n) is 7.95. The summed E-state index contributed by atoms with van der Waals surface area (Å²) in [5, 5.41) is 2.97. The Morgan fingerprint density at radius 3 is 2.74 bits per heavy atom. The van der Waals surface area contributed by atoms with Gasteiger partial charge in [0.1, 0.15) is 0 Å². The molecule has 1 aliphatic rings. The van der Waals surface area contributed by atoms with Crippen LogP contribution in [0.5, 0.6) is 0 Å². The molecule has 0 aliphatic carbocycles. The lowest BCUT2D eigenvalue weighted by Crippen LogP contribution is -2.25. The number of thioether (sulfide) groups is 1. The second-order valence-corrected chi connectivity index (χ2v) is 6.58. The van der Waals surface area contributed by atoms with E-state index in [1.54, 1.807) is 0 Å². The van der Waals surface area contributed by atoms with Crippen LogP contribution < -0.4 is 10.2 Å². The summed E-state index contributed by atoms with van der Waals surface area (Å²) in [7, 11) is 1.37. The predicted octanol–water partition coefficient (Wildman–Crippen LogP) is 2.20. The molecule has 0 spiro atoms. The predicted molar refractivity (Wildman–Crippen MR) is 93.7 cm³/mol. The van der Waals surface area contributed by atoms with E-state index in [1.165, 1.54) is 37.4 Å². The Labute approximate surface area is 141 Å². The number of para-hydroxylation sites is 1. The number of methoxy groups -OCH3 is 1. The van der Waals surface area contributed by atoms with Crippen LogP contribution >= 0.6 is 11.8 Å². The summed E-state index contributed by atoms with van der Waals surface area (Å²) in [6.45, 7) is 2.73. The Morgan fingerprint density at radius 2 is 2.00 bits per heavy atom. The second-order valence-electron chi connectivity index (χ2n) is 5.48. The molecule has 1 aromatic carbocycles. The van der Waals surface area contributed by atoms with Crippen molar-refractivity contribution in [3.63, 3.8) is 0 Å². The van der Waals surface area contributed by atoms with Crippen molar-refractivity contribution in [2.45, 2.75) is 25.8 Å². The van der Waals surface area contributed by atoms with Crippen LogP contribution in [0.1, 0.15) is 24.8 Å². The fraction of sp³-hybridized carbons (Fsp3) is 0.529. The number of hydrogen-bond donors (Lipinski definition) is 1. The van der Waals surface area contributed by atoms with Crippen molar-refractivity contribution in [2.75, 3.05) is 36.6 Å². The van der Waals surface area contributed by atoms with Crippen molar-refractivity contribution in [1.82, 2.24) is 5.32 Å². The van der Waals surface area contributed by atoms with Gasteiger partial charge in [0, 0.05) is 37.5 Å². The van der Waals surface area contributed by atoms with Gasteiger partial charge in [0.2, 0.25) is 5.91 Å². The van der Waals surface area contributed by atoms with Gasteiger partial charge in [-0.3, -0.25) is 9.59 Å². The van der Waals surface area contributed by atoms with Crippen molar-refractivity contribution in [3.8, 4) is 0 Å². The molecule has 1 aromatic rings. The first-order valence-corrected chi connectivity index (χ1v) is 9.10. The number of amides is 1. The summed E-state index contributed by atoms with van der Waals surface area (Å²) in [4.78, 5) is 25.3. The highest BCUT2D eigenvalue weighted by atomic mass is 32.2. The third-order valence-electron chi connectivity index (χ3n) is 3.84. The Morgan fingerprint density at radius 1 is 1.26 bits per heavy atom. The summed E-state index contributed by atoms with van der Waals surface area (Å²) in [6, 6.07) is 8.24. The molecule has 1 heterocycles. The molecular weight excluding hydrogens is 312 g/mol. The summed E-state index contributed by atoms with van der Waals surface area (Å²) >= 11 is 1.42. The van der Waals surface area contributed by atoms with E-state index >= 15 is 0 Å². The first-order chi connectivity index (χ1) is 11.2. The summed E-state index contributed by atoms with van der Waals surface area (Å²) in [6.07, 6.45) is 2.88. The molecule has 126 valence electrons. The molecule has 1 saturated heterocycles. The maximum absolute atomic E-state index is 11.9. The van der Waals surface area contributed by atoms with Crippen LogP contribution in [0.2, 0.25) is 0 Å². The average Bonchev–Trinajstić information content (AvgIpc) is 3.11. The van der Waals surface area contributed by atoms with E-state index in [9.17, 15) is 9.59 Å². The van der Waals surface area contributed by atoms with Gasteiger partial charge in [-0.1, -0.05) is 18.2 Å². The largest absolute Gasteiger partial charge is 0.468 e. The monoisotopic (exact) mass is 336 g/mol. The van der Waals surface area contributed by atoms with Gasteiger partial charge in [0.05, 0.1) is 12.9 Å². The minimum Gasteiger partial charge on any atom is -0.468 e. The number of anilines is 1. The Balaban J connectivity index is 1.75. The molecule has 0 unspecified atom stereocenters. The van der Waals surface area contributed by atoms with Gasteiger partial charge in [-0.05, 0) is 24.5 Å². The molecule has 0 bridgehead atoms. The molecule has 0 radical (unpaired) electrons. The van der Waals surface area contributed by atoms with Crippen molar-refractivity contribution in [3.05, 3.63) is 29.8 Å². The SMILES string of the molecule is COC(=O)CSCCC(=O)NCc1ccccc1N1CCCC1. The quantitative estimate of drug-likeness (QED) is 0.582. The third kappa shape index (κ3) is 5.78. The van der Waals surface area contributed by atoms with E-state index in [0.29, 0.717) is 24.5 Å². The van der Waals surface area contributed by atoms with Crippen LogP contribution in [0.4, 0.5) is 5.69 Å². The number of nitrogens with one attached hydrogen (secondary N) is 1. The molecule has 2 rings (SSSR count). The number of benzene rings is 1. The van der Waals surface area contributed by atoms with Crippen molar-refractivity contribution in [1.29, 1.82) is 0 Å². The third-order valence-corrected chi connectivity index (χ3v) is 4.77. The van der Waals surface area contributed by atoms with E-state index in [0.717, 1.165) is 18.7 Å². The van der Waals surface area contributed by atoms with Gasteiger partial charge >= 0.3 is 5.97 Å². The standard InChI is InChI=1S/C17H24N2O3S/c1-22-17(21)13-23-11-8-16(20)18-12-14-6-2-3-7-15(14)19-9-4-5-10-19/h2-3,6-7H,4-5,8-13H2,1H3,(H,18,20). The number of carbonyl (C=O) groups is 2. The van der Waals surface area contributed by atoms with Gasteiger partial charge in [0.25, 0.3) is 0 Å². The Bertz CT molecular complexity index is 530. The van der Waals surface area contributed by atoms with E-state index in [-0.39, 0.29) is 11.9 Å². The molecule has 1 aliphatic heterocycles. The molecule has 1 fully saturated rings. The van der Waals surface area contributed by atoms with Crippen LogP contribution in [0.3, 0.4) is 0 Å². The normalized spacial score (nSPS) is 13.9. The van der Waals surface area contributed by atoms with E-state index in [1.807, 2.05) is 12.1 Å². The molecule has 1 N–H and O–H groups in total. The molecule has 1 amide bonds. The average molecular weight is 336 g/mol. The zero-order chi connectivity index (χ0) is 16.5. The Hall–Kier alpha value is -1.69. The van der Waals surface area contributed by atoms with E-state index < -0.39 is 0 Å². The smallest absolute Gasteiger partial charge is 0.315 e. The fourth-order valence-corrected chi connectivity index (χ4v) is 3.35. The maximum Gasteiger partial charge on any atom is 0.315 e. The van der Waals surface area contributed by atoms with Crippen LogP contribution in [0.15, 0.2) is 24.3 Å². The molecule has 0 saturated carbocycles. The summed E-state index contributed by atoms with van der Waals surface area (Å²) in [5.41, 5.74) is 2.38. The highest BCUT2D eigenvalue weighted by Crippen LogP contribution is 2.24. The van der Waals surface area contributed by atoms with Crippen LogP contribution in [0, 0.1) is 0 Å². The van der Waals surface area contributed by atoms with Crippen molar-refractivity contribution in [2.24, 2.45) is 0 Å². The highest BCUT2D eigenvalue weighted by molar-refractivity contribution is 7.99. The molecule has 0 aromatic heterocycles. The maximum atomic E-state index is 11.9. The lowest BCUT2D eigenvalue weighted by atomic mass is 10.1. The van der Waals surface area contributed by atoms with Gasteiger partial charge in [-0.25, -0.2) is 0 Å². The van der Waals surface area contributed by atoms with Gasteiger partial charge in [0.15, 0.2) is 0 Å². The topological polar surface area (TPSA) is 58.6 Å². The minimum absolute atomic E-state index is 0.0126. The zero-order valence-electron chi connectivity index (χ0n) is 13.5. The molecule has 23 heavy (non-hydrogen) atoms. The highest BCUT2D eigenvalue weighted by Gasteiger charge is 2.15. The molecule has 6 heteroatoms. The van der Waals surface area contributed by atoms with Crippen LogP contribution in [-0.4, -0.2) is 43.6 Å². The summed E-state index contributed by atoms with van der Waals surface area (Å²) in [5.74, 6) is 0.671. The lowest BCUT2D eigenvalue weighted by Gasteiger charge is -2.21. The Kier molecular flexibility index (Phi) is 7.26. The number of carbonyl (C=O) groups excluding carboxylic acids is 2. The molecular formula is C17H24N2O3S. The second kappa shape index (κ2) is 9.45. The van der Waals surface area contributed by atoms with Gasteiger partial charge < -0.3 is 15.0 Å². The van der Waals surface area contributed by atoms with Crippen molar-refractivity contribution >= 4 is 29.3 Å². The zero-order valence-corrected chi connectivity index (χ0v) is 14.4. The number of nitrogens with zero attached hydrogens (tertiary/aromatic N) is 1. The van der Waals surface area contributed by atoms with Gasteiger partial charge in [-0.2, -0.15) is 0 Å². The molecule has 5 nitrogen and oxygen atoms in total. The number of ether oxygens (including phenoxy) is 1. The number of hydrogen-bond acceptors (Lipinski definition) is 5. The van der Waals surface area contributed by atoms with Crippen LogP contribution in [0.25, 0.3) is 0 Å². The van der Waals surface area contributed by atoms with Crippen molar-refractivity contribution < 1.29 is 14.3 Å². The minimum atomic E-state index is -0.255. The van der Waals surface area contributed by atoms with E-state index in [4.69, 9.17) is 0 Å². The lowest BCUT2D eigenvalue weighted by molar-refractivity contribution is -0.137. The molecule has 0 atom stereocenters. The van der Waals surface area contributed by atoms with E-state index in [2.05, 4.69) is 27.1 Å². The summed E-state index contributed by atoms with van der Waals surface area (Å²) < 4.78 is 4.56. The fourth-order valence-electron chi connectivity index (χ4n) is 2.59. The first kappa shape index (κ1) is 17.7. The van der Waals surface area contributed by atoms with Gasteiger partial charge in [-0.15, -0.1) is 11.8 Å². The number of esters is 1.